The maximum Gasteiger partial charge on any atom is 0.160 e. The number of benzene rings is 1. The molecule has 1 aliphatic rings. The van der Waals surface area contributed by atoms with Gasteiger partial charge >= 0.3 is 0 Å². The third kappa shape index (κ3) is 2.13. The van der Waals surface area contributed by atoms with Crippen molar-refractivity contribution in [1.29, 1.82) is 0 Å². The molecule has 1 aromatic carbocycles. The van der Waals surface area contributed by atoms with Crippen molar-refractivity contribution in [1.82, 2.24) is 0 Å². The summed E-state index contributed by atoms with van der Waals surface area (Å²) >= 11 is -1.12. The molecule has 0 radical (unpaired) electrons. The fourth-order valence-electron chi connectivity index (χ4n) is 2.02. The lowest BCUT2D eigenvalue weighted by atomic mass is 9.96. The Kier molecular flexibility index (Phi) is 3.22. The maximum atomic E-state index is 11.3. The average Bonchev–Trinajstić information content (AvgIpc) is 2.27. The number of fused-ring (bicyclic) bond motifs is 1. The highest BCUT2D eigenvalue weighted by atomic mass is 32.2. The van der Waals surface area contributed by atoms with Crippen LogP contribution in [0.2, 0.25) is 0 Å². The van der Waals surface area contributed by atoms with Gasteiger partial charge in [-0.05, 0) is 35.1 Å². The summed E-state index contributed by atoms with van der Waals surface area (Å²) in [5, 5.41) is 0. The molecule has 2 nitrogen and oxygen atoms in total. The van der Waals surface area contributed by atoms with Crippen LogP contribution in [-0.2, 0) is 40.5 Å². The molecule has 1 aromatic rings. The third-order valence-corrected chi connectivity index (χ3v) is 3.83. The first-order chi connectivity index (χ1) is 7.24. The molecule has 2 rings (SSSR count). The van der Waals surface area contributed by atoms with Crippen LogP contribution in [0.15, 0.2) is 12.1 Å². The molecular formula is C12H16O2S. The lowest BCUT2D eigenvalue weighted by Gasteiger charge is -2.18. The zero-order valence-corrected chi connectivity index (χ0v) is 10.0. The van der Waals surface area contributed by atoms with Crippen LogP contribution in [0.4, 0.5) is 0 Å². The van der Waals surface area contributed by atoms with E-state index < -0.39 is 11.1 Å². The molecule has 1 heterocycles. The Bertz CT molecular complexity index is 399. The fourth-order valence-corrected chi connectivity index (χ4v) is 2.88. The second kappa shape index (κ2) is 4.45. The van der Waals surface area contributed by atoms with E-state index in [0.717, 1.165) is 12.8 Å². The Balaban J connectivity index is 2.45. The van der Waals surface area contributed by atoms with Gasteiger partial charge in [0.15, 0.2) is 11.1 Å². The van der Waals surface area contributed by atoms with Gasteiger partial charge in [0.2, 0.25) is 0 Å². The van der Waals surface area contributed by atoms with E-state index in [1.807, 2.05) is 0 Å². The average molecular weight is 224 g/mol. The number of hydrogen-bond donors (Lipinski definition) is 0. The van der Waals surface area contributed by atoms with Crippen molar-refractivity contribution in [2.45, 2.75) is 39.0 Å². The molecule has 0 saturated carbocycles. The minimum atomic E-state index is -1.12. The molecule has 1 unspecified atom stereocenters. The van der Waals surface area contributed by atoms with Gasteiger partial charge in [0.25, 0.3) is 0 Å². The van der Waals surface area contributed by atoms with Crippen LogP contribution in [0, 0.1) is 0 Å². The monoisotopic (exact) mass is 224 g/mol. The van der Waals surface area contributed by atoms with Crippen LogP contribution in [-0.4, -0.2) is 4.21 Å². The summed E-state index contributed by atoms with van der Waals surface area (Å²) in [4.78, 5) is 0. The van der Waals surface area contributed by atoms with E-state index in [2.05, 4.69) is 26.0 Å². The molecule has 0 saturated heterocycles. The first-order valence-electron chi connectivity index (χ1n) is 5.39. The minimum absolute atomic E-state index is 0.499. The molecule has 15 heavy (non-hydrogen) atoms. The summed E-state index contributed by atoms with van der Waals surface area (Å²) in [6, 6.07) is 4.42. The summed E-state index contributed by atoms with van der Waals surface area (Å²) in [6.45, 7) is 4.83. The maximum absolute atomic E-state index is 11.3. The van der Waals surface area contributed by atoms with Crippen molar-refractivity contribution in [2.24, 2.45) is 0 Å². The van der Waals surface area contributed by atoms with Crippen LogP contribution in [0.5, 0.6) is 0 Å². The third-order valence-electron chi connectivity index (χ3n) is 2.90. The van der Waals surface area contributed by atoms with Crippen molar-refractivity contribution in [3.05, 3.63) is 34.4 Å². The molecule has 3 heteroatoms. The van der Waals surface area contributed by atoms with Gasteiger partial charge in [-0.3, -0.25) is 4.18 Å². The van der Waals surface area contributed by atoms with E-state index in [0.29, 0.717) is 12.4 Å². The van der Waals surface area contributed by atoms with Gasteiger partial charge in [0.05, 0.1) is 12.4 Å². The molecule has 82 valence electrons. The Labute approximate surface area is 93.3 Å². The van der Waals surface area contributed by atoms with Crippen LogP contribution in [0.25, 0.3) is 0 Å². The second-order valence-electron chi connectivity index (χ2n) is 3.81. The second-order valence-corrected chi connectivity index (χ2v) is 4.94. The predicted octanol–water partition coefficient (Wildman–Crippen LogP) is 2.51. The highest BCUT2D eigenvalue weighted by molar-refractivity contribution is 7.79. The van der Waals surface area contributed by atoms with Gasteiger partial charge in [-0.25, -0.2) is 4.21 Å². The van der Waals surface area contributed by atoms with E-state index in [1.54, 1.807) is 0 Å². The summed E-state index contributed by atoms with van der Waals surface area (Å²) in [5.41, 5.74) is 5.19. The van der Waals surface area contributed by atoms with Crippen molar-refractivity contribution in [3.63, 3.8) is 0 Å². The van der Waals surface area contributed by atoms with Crippen LogP contribution in [0.1, 0.15) is 36.1 Å². The van der Waals surface area contributed by atoms with Gasteiger partial charge in [-0.15, -0.1) is 0 Å². The highest BCUT2D eigenvalue weighted by Crippen LogP contribution is 2.24. The summed E-state index contributed by atoms with van der Waals surface area (Å²) in [5.74, 6) is 0.548. The Morgan fingerprint density at radius 2 is 1.80 bits per heavy atom. The molecule has 0 amide bonds. The standard InChI is InChI=1S/C12H16O2S/c1-3-9-5-11-7-14-15(13)8-12(11)6-10(9)4-2/h5-6H,3-4,7-8H2,1-2H3. The number of hydrogen-bond acceptors (Lipinski definition) is 2. The minimum Gasteiger partial charge on any atom is -0.285 e. The first kappa shape index (κ1) is 10.8. The molecule has 0 aliphatic carbocycles. The van der Waals surface area contributed by atoms with Crippen LogP contribution < -0.4 is 0 Å². The van der Waals surface area contributed by atoms with Crippen LogP contribution >= 0.6 is 0 Å². The van der Waals surface area contributed by atoms with Crippen LogP contribution in [0.3, 0.4) is 0 Å². The normalized spacial score (nSPS) is 20.0. The zero-order valence-electron chi connectivity index (χ0n) is 9.21. The van der Waals surface area contributed by atoms with Gasteiger partial charge < -0.3 is 0 Å². The molecule has 0 fully saturated rings. The zero-order chi connectivity index (χ0) is 10.8. The van der Waals surface area contributed by atoms with Crippen molar-refractivity contribution in [3.8, 4) is 0 Å². The Morgan fingerprint density at radius 3 is 2.40 bits per heavy atom. The van der Waals surface area contributed by atoms with Gasteiger partial charge in [-0.2, -0.15) is 0 Å². The lowest BCUT2D eigenvalue weighted by Crippen LogP contribution is -2.12. The van der Waals surface area contributed by atoms with E-state index in [1.165, 1.54) is 22.3 Å². The van der Waals surface area contributed by atoms with Crippen molar-refractivity contribution >= 4 is 11.1 Å². The highest BCUT2D eigenvalue weighted by Gasteiger charge is 2.16. The van der Waals surface area contributed by atoms with Crippen molar-refractivity contribution < 1.29 is 8.39 Å². The molecule has 0 bridgehead atoms. The van der Waals surface area contributed by atoms with E-state index in [-0.39, 0.29) is 0 Å². The largest absolute Gasteiger partial charge is 0.285 e. The molecule has 1 aliphatic heterocycles. The molecule has 0 aromatic heterocycles. The topological polar surface area (TPSA) is 26.3 Å². The molecule has 0 spiro atoms. The predicted molar refractivity (Wildman–Crippen MR) is 61.8 cm³/mol. The molecular weight excluding hydrogens is 208 g/mol. The summed E-state index contributed by atoms with van der Waals surface area (Å²) in [6.07, 6.45) is 2.10. The first-order valence-corrected chi connectivity index (χ1v) is 6.64. The fraction of sp³-hybridized carbons (Fsp3) is 0.500. The van der Waals surface area contributed by atoms with Gasteiger partial charge in [0, 0.05) is 0 Å². The summed E-state index contributed by atoms with van der Waals surface area (Å²) < 4.78 is 16.4. The lowest BCUT2D eigenvalue weighted by molar-refractivity contribution is 0.327. The van der Waals surface area contributed by atoms with E-state index in [4.69, 9.17) is 4.18 Å². The van der Waals surface area contributed by atoms with Crippen molar-refractivity contribution in [2.75, 3.05) is 0 Å². The molecule has 0 N–H and O–H groups in total. The summed E-state index contributed by atoms with van der Waals surface area (Å²) in [7, 11) is 0. The Hall–Kier alpha value is -0.670. The number of aryl methyl sites for hydroxylation is 2. The SMILES string of the molecule is CCc1cc2c(cc1CC)CS(=O)OC2. The molecule has 1 atom stereocenters. The smallest absolute Gasteiger partial charge is 0.160 e. The van der Waals surface area contributed by atoms with Gasteiger partial charge in [-0.1, -0.05) is 26.0 Å². The quantitative estimate of drug-likeness (QED) is 0.771. The Morgan fingerprint density at radius 1 is 1.20 bits per heavy atom. The van der Waals surface area contributed by atoms with E-state index >= 15 is 0 Å². The van der Waals surface area contributed by atoms with Gasteiger partial charge in [0.1, 0.15) is 0 Å². The number of rotatable bonds is 2. The van der Waals surface area contributed by atoms with E-state index in [9.17, 15) is 4.21 Å².